The maximum Gasteiger partial charge on any atom is 0.0547 e. The predicted octanol–water partition coefficient (Wildman–Crippen LogP) is 12.9. The van der Waals surface area contributed by atoms with Crippen LogP contribution in [0.1, 0.15) is 0 Å². The number of aromatic nitrogens is 2. The molecule has 0 amide bonds. The molecule has 2 nitrogen and oxygen atoms in total. The van der Waals surface area contributed by atoms with Crippen molar-refractivity contribution in [3.05, 3.63) is 194 Å². The summed E-state index contributed by atoms with van der Waals surface area (Å²) in [7, 11) is 0. The van der Waals surface area contributed by atoms with Gasteiger partial charge in [-0.25, -0.2) is 0 Å². The van der Waals surface area contributed by atoms with E-state index in [4.69, 9.17) is 0 Å². The molecule has 50 heavy (non-hydrogen) atoms. The highest BCUT2D eigenvalue weighted by molar-refractivity contribution is 6.17. The number of para-hydroxylation sites is 3. The van der Waals surface area contributed by atoms with Gasteiger partial charge in [0.15, 0.2) is 0 Å². The molecule has 2 heterocycles. The Morgan fingerprint density at radius 3 is 1.62 bits per heavy atom. The minimum Gasteiger partial charge on any atom is -0.309 e. The highest BCUT2D eigenvalue weighted by Crippen LogP contribution is 2.42. The molecule has 2 aromatic heterocycles. The molecule has 0 bridgehead atoms. The minimum absolute atomic E-state index is 1.16. The van der Waals surface area contributed by atoms with Gasteiger partial charge in [0.2, 0.25) is 0 Å². The summed E-state index contributed by atoms with van der Waals surface area (Å²) in [6, 6.07) is 70.4. The molecule has 0 aliphatic heterocycles. The third kappa shape index (κ3) is 4.43. The van der Waals surface area contributed by atoms with Crippen molar-refractivity contribution >= 4 is 43.6 Å². The lowest BCUT2D eigenvalue weighted by molar-refractivity contribution is 1.18. The molecule has 10 aromatic rings. The quantitative estimate of drug-likeness (QED) is 0.178. The first-order valence-corrected chi connectivity index (χ1v) is 17.2. The van der Waals surface area contributed by atoms with E-state index in [1.165, 1.54) is 82.7 Å². The van der Waals surface area contributed by atoms with Crippen LogP contribution in [0.2, 0.25) is 0 Å². The fourth-order valence-electron chi connectivity index (χ4n) is 7.90. The van der Waals surface area contributed by atoms with E-state index in [1.807, 2.05) is 0 Å². The molecule has 0 N–H and O–H groups in total. The van der Waals surface area contributed by atoms with E-state index >= 15 is 0 Å². The van der Waals surface area contributed by atoms with E-state index < -0.39 is 0 Å². The Labute approximate surface area is 290 Å². The SMILES string of the molecule is c1ccc(-c2ccc(-n3c4ccccc4c4ccc(-c5cccc6c5c5ccccc5n6-c5ccccc5)cc43)c(-c3ccccc3)c2)cc1. The lowest BCUT2D eigenvalue weighted by Crippen LogP contribution is -1.98. The van der Waals surface area contributed by atoms with Crippen LogP contribution in [0.4, 0.5) is 0 Å². The van der Waals surface area contributed by atoms with Gasteiger partial charge in [-0.05, 0) is 76.3 Å². The lowest BCUT2D eigenvalue weighted by Gasteiger charge is -2.16. The molecule has 8 aromatic carbocycles. The average Bonchev–Trinajstić information content (AvgIpc) is 3.71. The first kappa shape index (κ1) is 28.4. The number of benzene rings is 8. The number of nitrogens with zero attached hydrogens (tertiary/aromatic N) is 2. The first-order valence-electron chi connectivity index (χ1n) is 17.2. The standard InChI is InChI=1S/C48H32N2/c1-4-15-33(16-5-1)35-28-30-45(42(31-35)34-17-6-2-7-18-34)50-43-24-12-10-21-39(43)40-29-27-36(32-47(40)50)38-23-14-26-46-48(38)41-22-11-13-25-44(41)49(46)37-19-8-3-9-20-37/h1-32H. The summed E-state index contributed by atoms with van der Waals surface area (Å²) < 4.78 is 4.86. The van der Waals surface area contributed by atoms with E-state index in [1.54, 1.807) is 0 Å². The van der Waals surface area contributed by atoms with Crippen molar-refractivity contribution in [3.8, 4) is 44.8 Å². The number of hydrogen-bond acceptors (Lipinski definition) is 0. The van der Waals surface area contributed by atoms with E-state index in [-0.39, 0.29) is 0 Å². The summed E-state index contributed by atoms with van der Waals surface area (Å²) >= 11 is 0. The van der Waals surface area contributed by atoms with Crippen LogP contribution in [0.3, 0.4) is 0 Å². The average molecular weight is 637 g/mol. The van der Waals surface area contributed by atoms with Gasteiger partial charge >= 0.3 is 0 Å². The zero-order chi connectivity index (χ0) is 33.0. The van der Waals surface area contributed by atoms with Gasteiger partial charge in [0.25, 0.3) is 0 Å². The monoisotopic (exact) mass is 636 g/mol. The Kier molecular flexibility index (Phi) is 6.53. The summed E-state index contributed by atoms with van der Waals surface area (Å²) in [6.07, 6.45) is 0. The van der Waals surface area contributed by atoms with Crippen molar-refractivity contribution in [3.63, 3.8) is 0 Å². The second-order valence-corrected chi connectivity index (χ2v) is 12.9. The lowest BCUT2D eigenvalue weighted by atomic mass is 9.96. The van der Waals surface area contributed by atoms with Gasteiger partial charge in [-0.2, -0.15) is 0 Å². The van der Waals surface area contributed by atoms with Gasteiger partial charge in [0.05, 0.1) is 27.8 Å². The van der Waals surface area contributed by atoms with Crippen molar-refractivity contribution < 1.29 is 0 Å². The Morgan fingerprint density at radius 2 is 0.860 bits per heavy atom. The van der Waals surface area contributed by atoms with Crippen LogP contribution in [0.25, 0.3) is 88.4 Å². The third-order valence-corrected chi connectivity index (χ3v) is 10.1. The normalized spacial score (nSPS) is 11.6. The molecule has 2 heteroatoms. The Balaban J connectivity index is 1.26. The topological polar surface area (TPSA) is 9.86 Å². The van der Waals surface area contributed by atoms with E-state index in [0.29, 0.717) is 0 Å². The van der Waals surface area contributed by atoms with Crippen LogP contribution in [0, 0.1) is 0 Å². The van der Waals surface area contributed by atoms with Gasteiger partial charge in [0.1, 0.15) is 0 Å². The summed E-state index contributed by atoms with van der Waals surface area (Å²) in [6.45, 7) is 0. The zero-order valence-electron chi connectivity index (χ0n) is 27.4. The Bertz CT molecular complexity index is 2840. The summed E-state index contributed by atoms with van der Waals surface area (Å²) in [5, 5.41) is 5.02. The molecule has 0 fully saturated rings. The number of fused-ring (bicyclic) bond motifs is 6. The fraction of sp³-hybridized carbons (Fsp3) is 0. The highest BCUT2D eigenvalue weighted by atomic mass is 15.0. The van der Waals surface area contributed by atoms with Gasteiger partial charge in [-0.15, -0.1) is 0 Å². The van der Waals surface area contributed by atoms with Crippen LogP contribution >= 0.6 is 0 Å². The molecule has 0 aliphatic rings. The second kappa shape index (κ2) is 11.5. The van der Waals surface area contributed by atoms with Crippen molar-refractivity contribution in [1.82, 2.24) is 9.13 Å². The summed E-state index contributed by atoms with van der Waals surface area (Å²) in [5.74, 6) is 0. The molecule has 0 saturated heterocycles. The molecule has 234 valence electrons. The maximum atomic E-state index is 2.47. The van der Waals surface area contributed by atoms with Crippen molar-refractivity contribution in [1.29, 1.82) is 0 Å². The molecule has 0 atom stereocenters. The smallest absolute Gasteiger partial charge is 0.0547 e. The first-order chi connectivity index (χ1) is 24.8. The second-order valence-electron chi connectivity index (χ2n) is 12.9. The Hall–Kier alpha value is -6.64. The van der Waals surface area contributed by atoms with Gasteiger partial charge in [-0.3, -0.25) is 0 Å². The highest BCUT2D eigenvalue weighted by Gasteiger charge is 2.20. The zero-order valence-corrected chi connectivity index (χ0v) is 27.4. The van der Waals surface area contributed by atoms with Crippen LogP contribution < -0.4 is 0 Å². The van der Waals surface area contributed by atoms with E-state index in [0.717, 1.165) is 5.69 Å². The maximum absolute atomic E-state index is 2.47. The molecule has 0 saturated carbocycles. The van der Waals surface area contributed by atoms with Crippen molar-refractivity contribution in [2.45, 2.75) is 0 Å². The van der Waals surface area contributed by atoms with Gasteiger partial charge < -0.3 is 9.13 Å². The summed E-state index contributed by atoms with van der Waals surface area (Å²) in [4.78, 5) is 0. The molecular weight excluding hydrogens is 605 g/mol. The van der Waals surface area contributed by atoms with Crippen molar-refractivity contribution in [2.24, 2.45) is 0 Å². The van der Waals surface area contributed by atoms with Crippen LogP contribution in [0.5, 0.6) is 0 Å². The molecule has 0 spiro atoms. The molecular formula is C48H32N2. The van der Waals surface area contributed by atoms with Gasteiger partial charge in [-0.1, -0.05) is 146 Å². The van der Waals surface area contributed by atoms with Crippen LogP contribution in [-0.4, -0.2) is 9.13 Å². The van der Waals surface area contributed by atoms with Crippen molar-refractivity contribution in [2.75, 3.05) is 0 Å². The predicted molar refractivity (Wildman–Crippen MR) is 211 cm³/mol. The largest absolute Gasteiger partial charge is 0.309 e. The molecule has 0 unspecified atom stereocenters. The fourth-order valence-corrected chi connectivity index (χ4v) is 7.90. The molecule has 0 aliphatic carbocycles. The van der Waals surface area contributed by atoms with E-state index in [2.05, 4.69) is 203 Å². The third-order valence-electron chi connectivity index (χ3n) is 10.1. The van der Waals surface area contributed by atoms with Crippen LogP contribution in [-0.2, 0) is 0 Å². The molecule has 0 radical (unpaired) electrons. The van der Waals surface area contributed by atoms with Crippen LogP contribution in [0.15, 0.2) is 194 Å². The Morgan fingerprint density at radius 1 is 0.280 bits per heavy atom. The van der Waals surface area contributed by atoms with E-state index in [9.17, 15) is 0 Å². The van der Waals surface area contributed by atoms with Gasteiger partial charge in [0, 0.05) is 32.8 Å². The molecule has 10 rings (SSSR count). The minimum atomic E-state index is 1.16. The summed E-state index contributed by atoms with van der Waals surface area (Å²) in [5.41, 5.74) is 14.4. The number of hydrogen-bond donors (Lipinski definition) is 0. The number of rotatable bonds is 5.